The van der Waals surface area contributed by atoms with Gasteiger partial charge in [0.15, 0.2) is 0 Å². The summed E-state index contributed by atoms with van der Waals surface area (Å²) in [5.41, 5.74) is 3.09. The van der Waals surface area contributed by atoms with Crippen molar-refractivity contribution in [1.29, 1.82) is 0 Å². The van der Waals surface area contributed by atoms with Gasteiger partial charge in [0.2, 0.25) is 11.8 Å². The van der Waals surface area contributed by atoms with E-state index in [9.17, 15) is 14.4 Å². The lowest BCUT2D eigenvalue weighted by atomic mass is 10.1. The van der Waals surface area contributed by atoms with E-state index in [1.54, 1.807) is 24.3 Å². The van der Waals surface area contributed by atoms with Gasteiger partial charge in [0.25, 0.3) is 5.91 Å². The average molecular weight is 351 g/mol. The number of benzene rings is 2. The third kappa shape index (κ3) is 4.27. The quantitative estimate of drug-likeness (QED) is 0.771. The summed E-state index contributed by atoms with van der Waals surface area (Å²) in [5, 5.41) is 8.26. The van der Waals surface area contributed by atoms with E-state index in [2.05, 4.69) is 16.0 Å². The van der Waals surface area contributed by atoms with Crippen LogP contribution in [0.3, 0.4) is 0 Å². The van der Waals surface area contributed by atoms with E-state index in [1.165, 1.54) is 0 Å². The molecule has 0 spiro atoms. The third-order valence-corrected chi connectivity index (χ3v) is 4.32. The maximum atomic E-state index is 12.3. The normalized spacial score (nSPS) is 16.1. The minimum absolute atomic E-state index is 0.153. The smallest absolute Gasteiger partial charge is 0.254 e. The van der Waals surface area contributed by atoms with Gasteiger partial charge >= 0.3 is 0 Å². The lowest BCUT2D eigenvalue weighted by molar-refractivity contribution is -0.122. The van der Waals surface area contributed by atoms with Crippen LogP contribution in [0.25, 0.3) is 0 Å². The lowest BCUT2D eigenvalue weighted by Crippen LogP contribution is -2.42. The number of rotatable bonds is 5. The Morgan fingerprint density at radius 3 is 2.58 bits per heavy atom. The molecule has 0 aliphatic carbocycles. The van der Waals surface area contributed by atoms with Gasteiger partial charge < -0.3 is 16.0 Å². The summed E-state index contributed by atoms with van der Waals surface area (Å²) in [6.07, 6.45) is 0.395. The minimum atomic E-state index is -0.736. The van der Waals surface area contributed by atoms with Crippen molar-refractivity contribution in [3.63, 3.8) is 0 Å². The molecule has 0 fully saturated rings. The highest BCUT2D eigenvalue weighted by atomic mass is 16.2. The van der Waals surface area contributed by atoms with Crippen molar-refractivity contribution in [2.24, 2.45) is 0 Å². The van der Waals surface area contributed by atoms with Crippen LogP contribution >= 0.6 is 0 Å². The van der Waals surface area contributed by atoms with Crippen LogP contribution in [0.2, 0.25) is 0 Å². The zero-order valence-corrected chi connectivity index (χ0v) is 14.5. The summed E-state index contributed by atoms with van der Waals surface area (Å²) >= 11 is 0. The Bertz CT molecular complexity index is 830. The predicted molar refractivity (Wildman–Crippen MR) is 98.6 cm³/mol. The predicted octanol–water partition coefficient (Wildman–Crippen LogP) is 2.14. The maximum Gasteiger partial charge on any atom is 0.254 e. The molecule has 134 valence electrons. The molecule has 2 aromatic carbocycles. The molecule has 1 aliphatic heterocycles. The molecule has 26 heavy (non-hydrogen) atoms. The number of carbonyl (C=O) groups is 3. The van der Waals surface area contributed by atoms with Crippen molar-refractivity contribution in [2.45, 2.75) is 32.4 Å². The number of para-hydroxylation sites is 1. The fourth-order valence-corrected chi connectivity index (χ4v) is 2.79. The van der Waals surface area contributed by atoms with Crippen LogP contribution in [0.5, 0.6) is 0 Å². The number of fused-ring (bicyclic) bond motifs is 1. The summed E-state index contributed by atoms with van der Waals surface area (Å²) in [5.74, 6) is -0.784. The van der Waals surface area contributed by atoms with E-state index in [0.717, 1.165) is 11.1 Å². The standard InChI is InChI=1S/C20H21N3O3/c1-13-6-8-14(9-7-13)12-21-18(24)11-10-17-20(26)22-16-5-3-2-4-15(16)19(25)23-17/h2-9,17H,10-12H2,1H3,(H,21,24)(H,22,26)(H,23,25). The summed E-state index contributed by atoms with van der Waals surface area (Å²) in [7, 11) is 0. The first-order chi connectivity index (χ1) is 12.5. The van der Waals surface area contributed by atoms with Crippen molar-refractivity contribution in [1.82, 2.24) is 10.6 Å². The second-order valence-electron chi connectivity index (χ2n) is 6.36. The lowest BCUT2D eigenvalue weighted by Gasteiger charge is -2.14. The molecule has 3 N–H and O–H groups in total. The summed E-state index contributed by atoms with van der Waals surface area (Å²) in [6, 6.07) is 14.0. The number of amides is 3. The molecular weight excluding hydrogens is 330 g/mol. The van der Waals surface area contributed by atoms with Crippen LogP contribution in [-0.4, -0.2) is 23.8 Å². The number of carbonyl (C=O) groups excluding carboxylic acids is 3. The maximum absolute atomic E-state index is 12.3. The first-order valence-electron chi connectivity index (χ1n) is 8.56. The van der Waals surface area contributed by atoms with Crippen LogP contribution in [-0.2, 0) is 16.1 Å². The van der Waals surface area contributed by atoms with E-state index in [-0.39, 0.29) is 30.6 Å². The Balaban J connectivity index is 1.52. The van der Waals surface area contributed by atoms with Gasteiger partial charge in [-0.3, -0.25) is 14.4 Å². The van der Waals surface area contributed by atoms with Crippen molar-refractivity contribution >= 4 is 23.4 Å². The topological polar surface area (TPSA) is 87.3 Å². The Labute approximate surface area is 152 Å². The monoisotopic (exact) mass is 351 g/mol. The van der Waals surface area contributed by atoms with Gasteiger partial charge in [0.1, 0.15) is 6.04 Å². The van der Waals surface area contributed by atoms with Gasteiger partial charge in [-0.05, 0) is 31.0 Å². The average Bonchev–Trinajstić information content (AvgIpc) is 2.76. The second-order valence-corrected chi connectivity index (χ2v) is 6.36. The van der Waals surface area contributed by atoms with Gasteiger partial charge in [0, 0.05) is 13.0 Å². The van der Waals surface area contributed by atoms with E-state index < -0.39 is 6.04 Å². The van der Waals surface area contributed by atoms with Crippen LogP contribution < -0.4 is 16.0 Å². The SMILES string of the molecule is Cc1ccc(CNC(=O)CCC2NC(=O)c3ccccc3NC2=O)cc1. The van der Waals surface area contributed by atoms with E-state index in [4.69, 9.17) is 0 Å². The molecule has 0 saturated heterocycles. The van der Waals surface area contributed by atoms with Crippen molar-refractivity contribution < 1.29 is 14.4 Å². The molecule has 0 radical (unpaired) electrons. The molecule has 3 rings (SSSR count). The zero-order chi connectivity index (χ0) is 18.5. The van der Waals surface area contributed by atoms with Crippen LogP contribution in [0.4, 0.5) is 5.69 Å². The van der Waals surface area contributed by atoms with Crippen molar-refractivity contribution in [2.75, 3.05) is 5.32 Å². The summed E-state index contributed by atoms with van der Waals surface area (Å²) < 4.78 is 0. The molecule has 3 amide bonds. The highest BCUT2D eigenvalue weighted by molar-refractivity contribution is 6.09. The molecule has 1 atom stereocenters. The molecule has 1 unspecified atom stereocenters. The Hall–Kier alpha value is -3.15. The number of aryl methyl sites for hydroxylation is 1. The highest BCUT2D eigenvalue weighted by Crippen LogP contribution is 2.19. The number of hydrogen-bond donors (Lipinski definition) is 3. The number of nitrogens with one attached hydrogen (secondary N) is 3. The minimum Gasteiger partial charge on any atom is -0.352 e. The van der Waals surface area contributed by atoms with Crippen LogP contribution in [0.15, 0.2) is 48.5 Å². The summed E-state index contributed by atoms with van der Waals surface area (Å²) in [6.45, 7) is 2.44. The van der Waals surface area contributed by atoms with Gasteiger partial charge in [-0.15, -0.1) is 0 Å². The van der Waals surface area contributed by atoms with E-state index in [1.807, 2.05) is 31.2 Å². The number of hydrogen-bond acceptors (Lipinski definition) is 3. The molecular formula is C20H21N3O3. The Kier molecular flexibility index (Phi) is 5.31. The first kappa shape index (κ1) is 17.7. The molecule has 0 bridgehead atoms. The van der Waals surface area contributed by atoms with Gasteiger partial charge in [-0.25, -0.2) is 0 Å². The van der Waals surface area contributed by atoms with Gasteiger partial charge in [0.05, 0.1) is 11.3 Å². The Morgan fingerprint density at radius 2 is 1.81 bits per heavy atom. The second kappa shape index (κ2) is 7.82. The highest BCUT2D eigenvalue weighted by Gasteiger charge is 2.27. The molecule has 1 aliphatic rings. The first-order valence-corrected chi connectivity index (χ1v) is 8.56. The third-order valence-electron chi connectivity index (χ3n) is 4.32. The van der Waals surface area contributed by atoms with Crippen LogP contribution in [0, 0.1) is 6.92 Å². The largest absolute Gasteiger partial charge is 0.352 e. The van der Waals surface area contributed by atoms with E-state index >= 15 is 0 Å². The molecule has 6 heteroatoms. The zero-order valence-electron chi connectivity index (χ0n) is 14.5. The van der Waals surface area contributed by atoms with Gasteiger partial charge in [-0.2, -0.15) is 0 Å². The fourth-order valence-electron chi connectivity index (χ4n) is 2.79. The van der Waals surface area contributed by atoms with Gasteiger partial charge in [-0.1, -0.05) is 42.0 Å². The van der Waals surface area contributed by atoms with Crippen molar-refractivity contribution in [3.8, 4) is 0 Å². The number of anilines is 1. The molecule has 2 aromatic rings. The Morgan fingerprint density at radius 1 is 1.08 bits per heavy atom. The molecule has 6 nitrogen and oxygen atoms in total. The summed E-state index contributed by atoms with van der Waals surface area (Å²) in [4.78, 5) is 36.6. The van der Waals surface area contributed by atoms with E-state index in [0.29, 0.717) is 17.8 Å². The van der Waals surface area contributed by atoms with Crippen molar-refractivity contribution in [3.05, 3.63) is 65.2 Å². The van der Waals surface area contributed by atoms with Crippen LogP contribution in [0.1, 0.15) is 34.3 Å². The molecule has 1 heterocycles. The fraction of sp³-hybridized carbons (Fsp3) is 0.250. The molecule has 0 saturated carbocycles. The molecule has 0 aromatic heterocycles.